The summed E-state index contributed by atoms with van der Waals surface area (Å²) in [6, 6.07) is 3.59. The van der Waals surface area contributed by atoms with Gasteiger partial charge in [-0.05, 0) is 84.3 Å². The van der Waals surface area contributed by atoms with E-state index in [0.29, 0.717) is 5.56 Å². The molecular formula is C16H19BrN2O. The van der Waals surface area contributed by atoms with Crippen molar-refractivity contribution in [2.45, 2.75) is 44.1 Å². The lowest BCUT2D eigenvalue weighted by Crippen LogP contribution is -2.59. The zero-order valence-electron chi connectivity index (χ0n) is 11.4. The summed E-state index contributed by atoms with van der Waals surface area (Å²) in [5, 5.41) is 3.38. The van der Waals surface area contributed by atoms with E-state index in [0.717, 1.165) is 22.4 Å². The molecule has 4 heteroatoms. The Labute approximate surface area is 127 Å². The van der Waals surface area contributed by atoms with Crippen molar-refractivity contribution in [2.75, 3.05) is 0 Å². The minimum absolute atomic E-state index is 0.0649. The summed E-state index contributed by atoms with van der Waals surface area (Å²) < 4.78 is 0.718. The average Bonchev–Trinajstić information content (AvgIpc) is 2.36. The number of nitrogens with one attached hydrogen (secondary N) is 1. The number of hydrogen-bond acceptors (Lipinski definition) is 2. The van der Waals surface area contributed by atoms with Crippen LogP contribution in [-0.2, 0) is 0 Å². The van der Waals surface area contributed by atoms with Crippen LogP contribution >= 0.6 is 15.9 Å². The molecule has 0 aliphatic heterocycles. The summed E-state index contributed by atoms with van der Waals surface area (Å²) in [5.74, 6) is 2.62. The smallest absolute Gasteiger partial charge is 0.251 e. The van der Waals surface area contributed by atoms with E-state index in [1.807, 2.05) is 0 Å². The van der Waals surface area contributed by atoms with Gasteiger partial charge in [-0.15, -0.1) is 0 Å². The van der Waals surface area contributed by atoms with Crippen molar-refractivity contribution >= 4 is 21.8 Å². The summed E-state index contributed by atoms with van der Waals surface area (Å²) >= 11 is 3.33. The highest BCUT2D eigenvalue weighted by Gasteiger charge is 2.51. The van der Waals surface area contributed by atoms with Gasteiger partial charge in [-0.3, -0.25) is 4.79 Å². The lowest BCUT2D eigenvalue weighted by Gasteiger charge is -2.56. The van der Waals surface area contributed by atoms with Crippen LogP contribution < -0.4 is 5.32 Å². The number of carbonyl (C=O) groups excluding carboxylic acids is 1. The summed E-state index contributed by atoms with van der Waals surface area (Å²) in [6.45, 7) is 0. The van der Waals surface area contributed by atoms with E-state index in [2.05, 4.69) is 26.2 Å². The quantitative estimate of drug-likeness (QED) is 0.840. The largest absolute Gasteiger partial charge is 0.347 e. The maximum Gasteiger partial charge on any atom is 0.251 e. The van der Waals surface area contributed by atoms with Gasteiger partial charge in [0.2, 0.25) is 0 Å². The Morgan fingerprint density at radius 3 is 2.35 bits per heavy atom. The first-order valence-electron chi connectivity index (χ1n) is 7.56. The second kappa shape index (κ2) is 4.55. The predicted octanol–water partition coefficient (Wildman–Crippen LogP) is 3.54. The Bertz CT molecular complexity index is 522. The molecular weight excluding hydrogens is 316 g/mol. The van der Waals surface area contributed by atoms with Crippen LogP contribution in [0.3, 0.4) is 0 Å². The second-order valence-electron chi connectivity index (χ2n) is 7.02. The molecule has 0 unspecified atom stereocenters. The first-order chi connectivity index (χ1) is 9.62. The molecule has 4 bridgehead atoms. The molecule has 1 amide bonds. The van der Waals surface area contributed by atoms with Crippen LogP contribution in [0.5, 0.6) is 0 Å². The van der Waals surface area contributed by atoms with Gasteiger partial charge in [0.05, 0.1) is 0 Å². The second-order valence-corrected chi connectivity index (χ2v) is 7.83. The van der Waals surface area contributed by atoms with Crippen molar-refractivity contribution in [3.05, 3.63) is 28.5 Å². The molecule has 3 nitrogen and oxygen atoms in total. The summed E-state index contributed by atoms with van der Waals surface area (Å²) in [7, 11) is 0. The monoisotopic (exact) mass is 334 g/mol. The van der Waals surface area contributed by atoms with E-state index in [4.69, 9.17) is 0 Å². The van der Waals surface area contributed by atoms with E-state index in [-0.39, 0.29) is 11.4 Å². The van der Waals surface area contributed by atoms with E-state index >= 15 is 0 Å². The van der Waals surface area contributed by atoms with Crippen molar-refractivity contribution in [1.29, 1.82) is 0 Å². The van der Waals surface area contributed by atoms with Gasteiger partial charge < -0.3 is 5.32 Å². The minimum atomic E-state index is 0.0649. The van der Waals surface area contributed by atoms with Gasteiger partial charge in [-0.1, -0.05) is 0 Å². The van der Waals surface area contributed by atoms with Crippen LogP contribution in [0.4, 0.5) is 0 Å². The number of carbonyl (C=O) groups is 1. The SMILES string of the molecule is O=C(NC12CC3CC(CC(C3)C1)C2)c1ccnc(Br)c1. The van der Waals surface area contributed by atoms with Gasteiger partial charge in [0.15, 0.2) is 0 Å². The average molecular weight is 335 g/mol. The van der Waals surface area contributed by atoms with Gasteiger partial charge in [0, 0.05) is 17.3 Å². The third-order valence-electron chi connectivity index (χ3n) is 5.41. The molecule has 5 rings (SSSR count). The number of halogens is 1. The lowest BCUT2D eigenvalue weighted by atomic mass is 9.53. The van der Waals surface area contributed by atoms with Crippen molar-refractivity contribution in [1.82, 2.24) is 10.3 Å². The molecule has 0 atom stereocenters. The Morgan fingerprint density at radius 2 is 1.80 bits per heavy atom. The lowest BCUT2D eigenvalue weighted by molar-refractivity contribution is -0.0167. The Hall–Kier alpha value is -0.900. The van der Waals surface area contributed by atoms with E-state index in [1.54, 1.807) is 18.3 Å². The third kappa shape index (κ3) is 2.18. The maximum atomic E-state index is 12.5. The van der Waals surface area contributed by atoms with Gasteiger partial charge in [-0.2, -0.15) is 0 Å². The zero-order valence-corrected chi connectivity index (χ0v) is 13.0. The topological polar surface area (TPSA) is 42.0 Å². The molecule has 4 aliphatic rings. The molecule has 0 spiro atoms. The normalized spacial score (nSPS) is 38.0. The molecule has 1 aromatic rings. The van der Waals surface area contributed by atoms with Crippen molar-refractivity contribution in [2.24, 2.45) is 17.8 Å². The fourth-order valence-electron chi connectivity index (χ4n) is 5.12. The Morgan fingerprint density at radius 1 is 1.20 bits per heavy atom. The minimum Gasteiger partial charge on any atom is -0.347 e. The molecule has 1 heterocycles. The first-order valence-corrected chi connectivity index (χ1v) is 8.35. The molecule has 1 aromatic heterocycles. The molecule has 1 N–H and O–H groups in total. The van der Waals surface area contributed by atoms with Crippen molar-refractivity contribution in [3.63, 3.8) is 0 Å². The fraction of sp³-hybridized carbons (Fsp3) is 0.625. The van der Waals surface area contributed by atoms with Gasteiger partial charge in [-0.25, -0.2) is 4.98 Å². The molecule has 0 saturated heterocycles. The highest BCUT2D eigenvalue weighted by molar-refractivity contribution is 9.10. The number of aromatic nitrogens is 1. The predicted molar refractivity (Wildman–Crippen MR) is 80.3 cm³/mol. The maximum absolute atomic E-state index is 12.5. The molecule has 20 heavy (non-hydrogen) atoms. The van der Waals surface area contributed by atoms with Crippen LogP contribution in [0, 0.1) is 17.8 Å². The van der Waals surface area contributed by atoms with E-state index in [1.165, 1.54) is 38.5 Å². The number of rotatable bonds is 2. The molecule has 4 saturated carbocycles. The molecule has 106 valence electrons. The Balaban J connectivity index is 1.55. The zero-order chi connectivity index (χ0) is 13.7. The summed E-state index contributed by atoms with van der Waals surface area (Å²) in [4.78, 5) is 16.6. The third-order valence-corrected chi connectivity index (χ3v) is 5.84. The molecule has 4 aliphatic carbocycles. The van der Waals surface area contributed by atoms with Crippen LogP contribution in [0.25, 0.3) is 0 Å². The van der Waals surface area contributed by atoms with E-state index < -0.39 is 0 Å². The number of hydrogen-bond donors (Lipinski definition) is 1. The molecule has 0 radical (unpaired) electrons. The van der Waals surface area contributed by atoms with Gasteiger partial charge >= 0.3 is 0 Å². The van der Waals surface area contributed by atoms with Crippen molar-refractivity contribution in [3.8, 4) is 0 Å². The standard InChI is InChI=1S/C16H19BrN2O/c17-14-6-13(1-2-18-14)15(20)19-16-7-10-3-11(8-16)5-12(4-10)9-16/h1-2,6,10-12H,3-5,7-9H2,(H,19,20). The Kier molecular flexibility index (Phi) is 2.92. The molecule has 4 fully saturated rings. The number of pyridine rings is 1. The van der Waals surface area contributed by atoms with Crippen LogP contribution in [0.1, 0.15) is 48.9 Å². The fourth-order valence-corrected chi connectivity index (χ4v) is 5.49. The van der Waals surface area contributed by atoms with Crippen LogP contribution in [0.2, 0.25) is 0 Å². The molecule has 0 aromatic carbocycles. The highest BCUT2D eigenvalue weighted by Crippen LogP contribution is 2.55. The highest BCUT2D eigenvalue weighted by atomic mass is 79.9. The van der Waals surface area contributed by atoms with Gasteiger partial charge in [0.1, 0.15) is 4.60 Å². The number of amides is 1. The van der Waals surface area contributed by atoms with Crippen LogP contribution in [0.15, 0.2) is 22.9 Å². The number of nitrogens with zero attached hydrogens (tertiary/aromatic N) is 1. The van der Waals surface area contributed by atoms with Crippen molar-refractivity contribution < 1.29 is 4.79 Å². The van der Waals surface area contributed by atoms with Gasteiger partial charge in [0.25, 0.3) is 5.91 Å². The first kappa shape index (κ1) is 12.8. The van der Waals surface area contributed by atoms with E-state index in [9.17, 15) is 4.79 Å². The summed E-state index contributed by atoms with van der Waals surface area (Å²) in [5.41, 5.74) is 0.796. The van der Waals surface area contributed by atoms with Crippen LogP contribution in [-0.4, -0.2) is 16.4 Å². The summed E-state index contributed by atoms with van der Waals surface area (Å²) in [6.07, 6.45) is 9.45.